The fourth-order valence-corrected chi connectivity index (χ4v) is 2.99. The molecule has 7 heteroatoms. The molecular formula is C18H23FN4O2. The maximum absolute atomic E-state index is 14.0. The molecule has 1 aromatic carbocycles. The third kappa shape index (κ3) is 5.00. The van der Waals surface area contributed by atoms with Crippen LogP contribution in [0.5, 0.6) is 0 Å². The van der Waals surface area contributed by atoms with Crippen molar-refractivity contribution in [2.75, 3.05) is 26.2 Å². The van der Waals surface area contributed by atoms with Crippen molar-refractivity contribution in [3.8, 4) is 6.07 Å². The number of carbonyl (C=O) groups excluding carboxylic acids is 2. The quantitative estimate of drug-likeness (QED) is 0.839. The van der Waals surface area contributed by atoms with E-state index in [1.54, 1.807) is 17.0 Å². The molecule has 0 bridgehead atoms. The molecule has 1 aromatic rings. The number of likely N-dealkylation sites (tertiary alicyclic amines) is 1. The van der Waals surface area contributed by atoms with Crippen LogP contribution in [0, 0.1) is 23.1 Å². The summed E-state index contributed by atoms with van der Waals surface area (Å²) in [5.74, 6) is -0.949. The van der Waals surface area contributed by atoms with Crippen molar-refractivity contribution in [1.29, 1.82) is 5.26 Å². The number of rotatable bonds is 6. The first kappa shape index (κ1) is 18.9. The van der Waals surface area contributed by atoms with Gasteiger partial charge in [-0.15, -0.1) is 0 Å². The van der Waals surface area contributed by atoms with Gasteiger partial charge in [0.25, 0.3) is 0 Å². The predicted octanol–water partition coefficient (Wildman–Crippen LogP) is 1.24. The lowest BCUT2D eigenvalue weighted by Gasteiger charge is -2.31. The normalized spacial score (nSPS) is 15.6. The van der Waals surface area contributed by atoms with Gasteiger partial charge in [-0.2, -0.15) is 5.26 Å². The fraction of sp³-hybridized carbons (Fsp3) is 0.500. The minimum absolute atomic E-state index is 0.0798. The first-order chi connectivity index (χ1) is 11.9. The van der Waals surface area contributed by atoms with Crippen LogP contribution >= 0.6 is 0 Å². The van der Waals surface area contributed by atoms with E-state index in [2.05, 4.69) is 0 Å². The number of nitrogens with zero attached hydrogens (tertiary/aromatic N) is 3. The molecule has 0 saturated carbocycles. The number of amides is 2. The summed E-state index contributed by atoms with van der Waals surface area (Å²) in [5, 5.41) is 8.79. The molecule has 0 atom stereocenters. The van der Waals surface area contributed by atoms with Gasteiger partial charge >= 0.3 is 0 Å². The van der Waals surface area contributed by atoms with Gasteiger partial charge in [0, 0.05) is 24.6 Å². The Kier molecular flexibility index (Phi) is 6.48. The van der Waals surface area contributed by atoms with Crippen LogP contribution in [0.2, 0.25) is 0 Å². The number of nitrogens with two attached hydrogens (primary N) is 1. The fourth-order valence-electron chi connectivity index (χ4n) is 2.99. The molecule has 25 heavy (non-hydrogen) atoms. The number of primary amides is 1. The van der Waals surface area contributed by atoms with E-state index in [-0.39, 0.29) is 36.4 Å². The molecule has 2 amide bonds. The highest BCUT2D eigenvalue weighted by Crippen LogP contribution is 2.17. The van der Waals surface area contributed by atoms with Gasteiger partial charge in [-0.25, -0.2) is 4.39 Å². The highest BCUT2D eigenvalue weighted by Gasteiger charge is 2.25. The second-order valence-electron chi connectivity index (χ2n) is 6.28. The van der Waals surface area contributed by atoms with Gasteiger partial charge in [0.2, 0.25) is 11.8 Å². The van der Waals surface area contributed by atoms with E-state index in [1.165, 1.54) is 6.07 Å². The highest BCUT2D eigenvalue weighted by molar-refractivity contribution is 5.78. The molecule has 0 aliphatic carbocycles. The van der Waals surface area contributed by atoms with Crippen molar-refractivity contribution < 1.29 is 14.0 Å². The average Bonchev–Trinajstić information content (AvgIpc) is 2.60. The Morgan fingerprint density at radius 1 is 1.40 bits per heavy atom. The predicted molar refractivity (Wildman–Crippen MR) is 90.6 cm³/mol. The largest absolute Gasteiger partial charge is 0.369 e. The molecule has 1 aliphatic heterocycles. The van der Waals surface area contributed by atoms with Crippen LogP contribution in [-0.4, -0.2) is 47.8 Å². The van der Waals surface area contributed by atoms with Crippen LogP contribution in [0.25, 0.3) is 0 Å². The zero-order chi connectivity index (χ0) is 18.4. The molecule has 2 rings (SSSR count). The lowest BCUT2D eigenvalue weighted by molar-refractivity contribution is -0.133. The second-order valence-corrected chi connectivity index (χ2v) is 6.28. The third-order valence-electron chi connectivity index (χ3n) is 4.63. The average molecular weight is 346 g/mol. The summed E-state index contributed by atoms with van der Waals surface area (Å²) >= 11 is 0. The van der Waals surface area contributed by atoms with Crippen LogP contribution < -0.4 is 5.73 Å². The molecule has 2 N–H and O–H groups in total. The van der Waals surface area contributed by atoms with Gasteiger partial charge in [0.1, 0.15) is 5.82 Å². The SMILES string of the molecule is CCN(Cc1ccc(C#N)cc1F)C(=O)CN1CCC(C(N)=O)CC1. The van der Waals surface area contributed by atoms with Gasteiger partial charge in [0.05, 0.1) is 18.2 Å². The van der Waals surface area contributed by atoms with Crippen molar-refractivity contribution in [2.24, 2.45) is 11.7 Å². The van der Waals surface area contributed by atoms with E-state index >= 15 is 0 Å². The molecule has 0 radical (unpaired) electrons. The molecule has 6 nitrogen and oxygen atoms in total. The summed E-state index contributed by atoms with van der Waals surface area (Å²) in [6.45, 7) is 4.04. The number of benzene rings is 1. The summed E-state index contributed by atoms with van der Waals surface area (Å²) in [4.78, 5) is 27.3. The maximum Gasteiger partial charge on any atom is 0.237 e. The van der Waals surface area contributed by atoms with Crippen molar-refractivity contribution in [2.45, 2.75) is 26.3 Å². The molecule has 1 heterocycles. The van der Waals surface area contributed by atoms with E-state index < -0.39 is 5.82 Å². The Morgan fingerprint density at radius 3 is 2.60 bits per heavy atom. The van der Waals surface area contributed by atoms with Gasteiger partial charge < -0.3 is 10.6 Å². The number of piperidine rings is 1. The van der Waals surface area contributed by atoms with Gasteiger partial charge in [-0.05, 0) is 45.0 Å². The Hall–Kier alpha value is -2.46. The maximum atomic E-state index is 14.0. The Labute approximate surface area is 147 Å². The first-order valence-corrected chi connectivity index (χ1v) is 8.42. The van der Waals surface area contributed by atoms with Gasteiger partial charge in [0.15, 0.2) is 0 Å². The molecular weight excluding hydrogens is 323 g/mol. The number of hydrogen-bond donors (Lipinski definition) is 1. The monoisotopic (exact) mass is 346 g/mol. The minimum Gasteiger partial charge on any atom is -0.369 e. The van der Waals surface area contributed by atoms with Gasteiger partial charge in [-0.1, -0.05) is 6.07 Å². The molecule has 0 unspecified atom stereocenters. The first-order valence-electron chi connectivity index (χ1n) is 8.42. The summed E-state index contributed by atoms with van der Waals surface area (Å²) in [6, 6.07) is 6.16. The molecule has 0 spiro atoms. The summed E-state index contributed by atoms with van der Waals surface area (Å²) in [6.07, 6.45) is 1.33. The molecule has 1 aliphatic rings. The van der Waals surface area contributed by atoms with Crippen molar-refractivity contribution >= 4 is 11.8 Å². The van der Waals surface area contributed by atoms with E-state index in [0.717, 1.165) is 0 Å². The zero-order valence-corrected chi connectivity index (χ0v) is 14.4. The van der Waals surface area contributed by atoms with Crippen LogP contribution in [-0.2, 0) is 16.1 Å². The van der Waals surface area contributed by atoms with Crippen molar-refractivity contribution in [3.63, 3.8) is 0 Å². The Bertz CT molecular complexity index is 678. The topological polar surface area (TPSA) is 90.4 Å². The van der Waals surface area contributed by atoms with E-state index in [0.29, 0.717) is 38.0 Å². The molecule has 134 valence electrons. The molecule has 1 fully saturated rings. The summed E-state index contributed by atoms with van der Waals surface area (Å²) in [7, 11) is 0. The Balaban J connectivity index is 1.93. The van der Waals surface area contributed by atoms with Crippen LogP contribution in [0.15, 0.2) is 18.2 Å². The minimum atomic E-state index is -0.479. The molecule has 1 saturated heterocycles. The van der Waals surface area contributed by atoms with E-state index in [4.69, 9.17) is 11.0 Å². The number of carbonyl (C=O) groups is 2. The van der Waals surface area contributed by atoms with E-state index in [9.17, 15) is 14.0 Å². The van der Waals surface area contributed by atoms with Crippen molar-refractivity contribution in [3.05, 3.63) is 35.1 Å². The molecule has 0 aromatic heterocycles. The lowest BCUT2D eigenvalue weighted by Crippen LogP contribution is -2.44. The number of nitriles is 1. The zero-order valence-electron chi connectivity index (χ0n) is 14.4. The second kappa shape index (κ2) is 8.58. The van der Waals surface area contributed by atoms with Crippen LogP contribution in [0.3, 0.4) is 0 Å². The highest BCUT2D eigenvalue weighted by atomic mass is 19.1. The number of halogens is 1. The Morgan fingerprint density at radius 2 is 2.08 bits per heavy atom. The van der Waals surface area contributed by atoms with Crippen LogP contribution in [0.1, 0.15) is 30.9 Å². The third-order valence-corrected chi connectivity index (χ3v) is 4.63. The van der Waals surface area contributed by atoms with Crippen LogP contribution in [0.4, 0.5) is 4.39 Å². The van der Waals surface area contributed by atoms with E-state index in [1.807, 2.05) is 17.9 Å². The number of likely N-dealkylation sites (N-methyl/N-ethyl adjacent to an activating group) is 1. The summed E-state index contributed by atoms with van der Waals surface area (Å²) < 4.78 is 14.0. The van der Waals surface area contributed by atoms with Gasteiger partial charge in [-0.3, -0.25) is 14.5 Å². The smallest absolute Gasteiger partial charge is 0.237 e. The summed E-state index contributed by atoms with van der Waals surface area (Å²) in [5.41, 5.74) is 5.96. The lowest BCUT2D eigenvalue weighted by atomic mass is 9.96. The number of hydrogen-bond acceptors (Lipinski definition) is 4. The standard InChI is InChI=1S/C18H23FN4O2/c1-2-23(11-15-4-3-13(10-20)9-16(15)19)17(24)12-22-7-5-14(6-8-22)18(21)25/h3-4,9,14H,2,5-8,11-12H2,1H3,(H2,21,25). The van der Waals surface area contributed by atoms with Crippen molar-refractivity contribution in [1.82, 2.24) is 9.80 Å².